The van der Waals surface area contributed by atoms with Crippen molar-refractivity contribution >= 4 is 29.9 Å². The van der Waals surface area contributed by atoms with Crippen LogP contribution < -0.4 is 25.1 Å². The summed E-state index contributed by atoms with van der Waals surface area (Å²) in [5.74, 6) is 2.46. The summed E-state index contributed by atoms with van der Waals surface area (Å²) in [6, 6.07) is 14.5. The highest BCUT2D eigenvalue weighted by atomic mass is 31.1. The van der Waals surface area contributed by atoms with Crippen LogP contribution in [0.25, 0.3) is 0 Å². The Kier molecular flexibility index (Phi) is 3.97. The third-order valence-electron chi connectivity index (χ3n) is 9.62. The summed E-state index contributed by atoms with van der Waals surface area (Å²) in [4.78, 5) is 10.9. The average molecular weight is 485 g/mol. The highest BCUT2D eigenvalue weighted by Crippen LogP contribution is 2.64. The van der Waals surface area contributed by atoms with Gasteiger partial charge in [0.25, 0.3) is 0 Å². The van der Waals surface area contributed by atoms with Crippen LogP contribution in [0.5, 0.6) is 11.5 Å². The predicted molar refractivity (Wildman–Crippen MR) is 144 cm³/mol. The second kappa shape index (κ2) is 6.76. The molecule has 0 spiro atoms. The molecular weight excluding hydrogens is 451 g/mol. The largest absolute Gasteiger partial charge is 0.456 e. The smallest absolute Gasteiger partial charge is 0.137 e. The van der Waals surface area contributed by atoms with Gasteiger partial charge in [0, 0.05) is 30.7 Å². The fourth-order valence-electron chi connectivity index (χ4n) is 8.01. The summed E-state index contributed by atoms with van der Waals surface area (Å²) in [5.41, 5.74) is 8.43. The Morgan fingerprint density at radius 2 is 1.26 bits per heavy atom. The van der Waals surface area contributed by atoms with E-state index < -0.39 is 7.92 Å². The highest BCUT2D eigenvalue weighted by molar-refractivity contribution is 7.75. The van der Waals surface area contributed by atoms with Crippen molar-refractivity contribution in [2.75, 3.05) is 9.80 Å². The minimum Gasteiger partial charge on any atom is -0.456 e. The molecule has 0 saturated heterocycles. The lowest BCUT2D eigenvalue weighted by atomic mass is 9.87. The molecule has 0 amide bonds. The topological polar surface area (TPSA) is 22.2 Å². The molecule has 2 bridgehead atoms. The van der Waals surface area contributed by atoms with Gasteiger partial charge in [0.15, 0.2) is 0 Å². The first-order valence-corrected chi connectivity index (χ1v) is 14.6. The first kappa shape index (κ1) is 20.5. The molecule has 5 nitrogen and oxygen atoms in total. The van der Waals surface area contributed by atoms with Crippen molar-refractivity contribution < 1.29 is 4.74 Å². The molecule has 180 valence electrons. The summed E-state index contributed by atoms with van der Waals surface area (Å²) in [5, 5.41) is 2.87. The van der Waals surface area contributed by atoms with Gasteiger partial charge in [-0.05, 0) is 71.7 Å². The fourth-order valence-corrected chi connectivity index (χ4v) is 11.4. The van der Waals surface area contributed by atoms with Crippen molar-refractivity contribution in [3.05, 3.63) is 59.2 Å². The summed E-state index contributed by atoms with van der Waals surface area (Å²) in [7, 11) is -0.642. The number of benzene rings is 2. The lowest BCUT2D eigenvalue weighted by molar-refractivity contribution is 0.0734. The fraction of sp³-hybridized carbons (Fsp3) is 0.448. The zero-order valence-electron chi connectivity index (χ0n) is 21.2. The normalized spacial score (nSPS) is 31.7. The van der Waals surface area contributed by atoms with Crippen molar-refractivity contribution in [2.45, 2.75) is 84.5 Å². The van der Waals surface area contributed by atoms with E-state index in [4.69, 9.17) is 4.74 Å². The van der Waals surface area contributed by atoms with Crippen LogP contribution in [0.2, 0.25) is 0 Å². The summed E-state index contributed by atoms with van der Waals surface area (Å²) in [6.45, 7) is 11.8. The van der Waals surface area contributed by atoms with E-state index in [9.17, 15) is 0 Å². The van der Waals surface area contributed by atoms with Crippen LogP contribution in [0.1, 0.15) is 60.3 Å². The van der Waals surface area contributed by atoms with Crippen molar-refractivity contribution in [3.63, 3.8) is 0 Å². The quantitative estimate of drug-likeness (QED) is 0.431. The number of nitrogens with zero attached hydrogens (tertiary/aromatic N) is 4. The number of fused-ring (bicyclic) bond motifs is 7. The molecule has 2 aromatic rings. The SMILES string of the molecule is CC1=C(C)N2C3CCCCC3N3C(C)=C(C)N(c4cccc5c4P4c6c(cccc6N1[C@H]24)O5)[C@@H]3C. The van der Waals surface area contributed by atoms with E-state index in [0.29, 0.717) is 24.2 Å². The Morgan fingerprint density at radius 3 is 1.91 bits per heavy atom. The molecule has 6 heteroatoms. The third-order valence-corrected chi connectivity index (χ3v) is 12.4. The maximum Gasteiger partial charge on any atom is 0.137 e. The summed E-state index contributed by atoms with van der Waals surface area (Å²) >= 11 is 0. The predicted octanol–water partition coefficient (Wildman–Crippen LogP) is 5.94. The number of allylic oxidation sites excluding steroid dienone is 4. The first-order valence-electron chi connectivity index (χ1n) is 13.2. The van der Waals surface area contributed by atoms with E-state index in [1.54, 1.807) is 0 Å². The van der Waals surface area contributed by atoms with Gasteiger partial charge >= 0.3 is 0 Å². The van der Waals surface area contributed by atoms with Gasteiger partial charge in [-0.25, -0.2) is 0 Å². The molecule has 5 heterocycles. The van der Waals surface area contributed by atoms with E-state index in [0.717, 1.165) is 11.5 Å². The van der Waals surface area contributed by atoms with Crippen molar-refractivity contribution in [3.8, 4) is 11.5 Å². The monoisotopic (exact) mass is 484 g/mol. The van der Waals surface area contributed by atoms with Crippen LogP contribution in [-0.4, -0.2) is 34.0 Å². The molecule has 0 aromatic heterocycles. The average Bonchev–Trinajstić information content (AvgIpc) is 3.40. The molecule has 1 saturated carbocycles. The maximum absolute atomic E-state index is 6.68. The highest BCUT2D eigenvalue weighted by Gasteiger charge is 2.57. The van der Waals surface area contributed by atoms with Gasteiger partial charge in [0.05, 0.1) is 34.1 Å². The van der Waals surface area contributed by atoms with Crippen LogP contribution in [0.15, 0.2) is 59.2 Å². The van der Waals surface area contributed by atoms with Gasteiger partial charge in [0.2, 0.25) is 0 Å². The van der Waals surface area contributed by atoms with E-state index in [2.05, 4.69) is 90.6 Å². The molecule has 0 radical (unpaired) electrons. The maximum atomic E-state index is 6.68. The van der Waals surface area contributed by atoms with Gasteiger partial charge in [-0.1, -0.05) is 25.0 Å². The van der Waals surface area contributed by atoms with Gasteiger partial charge in [-0.15, -0.1) is 0 Å². The number of hydrogen-bond donors (Lipinski definition) is 0. The Labute approximate surface area is 209 Å². The lowest BCUT2D eigenvalue weighted by Crippen LogP contribution is -2.58. The number of rotatable bonds is 0. The number of hydrogen-bond acceptors (Lipinski definition) is 5. The molecular formula is C29H33N4OP. The second-order valence-electron chi connectivity index (χ2n) is 11.0. The third kappa shape index (κ3) is 2.30. The minimum absolute atomic E-state index is 0.307. The van der Waals surface area contributed by atoms with Gasteiger partial charge in [-0.3, -0.25) is 0 Å². The van der Waals surface area contributed by atoms with Gasteiger partial charge in [0.1, 0.15) is 23.6 Å². The van der Waals surface area contributed by atoms with E-state index >= 15 is 0 Å². The van der Waals surface area contributed by atoms with Gasteiger partial charge < -0.3 is 24.3 Å². The van der Waals surface area contributed by atoms with Crippen LogP contribution in [0.3, 0.4) is 0 Å². The Balaban J connectivity index is 1.48. The molecule has 5 atom stereocenters. The second-order valence-corrected chi connectivity index (χ2v) is 13.1. The number of anilines is 2. The lowest BCUT2D eigenvalue weighted by Gasteiger charge is -2.51. The molecule has 1 fully saturated rings. The van der Waals surface area contributed by atoms with Crippen molar-refractivity contribution in [1.82, 2.24) is 9.80 Å². The molecule has 3 unspecified atom stereocenters. The van der Waals surface area contributed by atoms with Crippen molar-refractivity contribution in [2.24, 2.45) is 0 Å². The van der Waals surface area contributed by atoms with Crippen LogP contribution >= 0.6 is 7.92 Å². The summed E-state index contributed by atoms with van der Waals surface area (Å²) in [6.07, 6.45) is 5.50. The van der Waals surface area contributed by atoms with E-state index in [-0.39, 0.29) is 0 Å². The molecule has 2 aromatic carbocycles. The standard InChI is InChI=1S/C29H33N4OP/c1-16-17(2)31-20(5)30(16)21-10-6-7-11-22(21)32-18(3)19(4)33-24-13-9-15-26-28(24)35(29(32)33)27-23(31)12-8-14-25(27)34-26/h8-9,12-15,20-22,29H,6-7,10-11H2,1-5H3/t20-,21?,22?,29+,35?/m1/s1. The zero-order valence-corrected chi connectivity index (χ0v) is 22.1. The Bertz CT molecular complexity index is 1360. The summed E-state index contributed by atoms with van der Waals surface area (Å²) < 4.78 is 6.68. The number of ether oxygens (including phenoxy) is 1. The zero-order chi connectivity index (χ0) is 23.7. The van der Waals surface area contributed by atoms with E-state index in [1.165, 1.54) is 70.5 Å². The minimum atomic E-state index is -0.642. The molecule has 6 aliphatic rings. The molecule has 0 N–H and O–H groups in total. The molecule has 35 heavy (non-hydrogen) atoms. The molecule has 1 aliphatic carbocycles. The molecule has 5 aliphatic heterocycles. The Morgan fingerprint density at radius 1 is 0.714 bits per heavy atom. The van der Waals surface area contributed by atoms with Crippen molar-refractivity contribution in [1.29, 1.82) is 0 Å². The molecule has 8 rings (SSSR count). The van der Waals surface area contributed by atoms with Gasteiger partial charge in [-0.2, -0.15) is 0 Å². The van der Waals surface area contributed by atoms with E-state index in [1.807, 2.05) is 0 Å². The Hall–Kier alpha value is -2.65. The van der Waals surface area contributed by atoms with Crippen LogP contribution in [0, 0.1) is 0 Å². The van der Waals surface area contributed by atoms with Crippen LogP contribution in [0.4, 0.5) is 11.4 Å². The first-order chi connectivity index (χ1) is 17.0. The van der Waals surface area contributed by atoms with Crippen LogP contribution in [-0.2, 0) is 0 Å².